The van der Waals surface area contributed by atoms with E-state index >= 15 is 0 Å². The second-order valence-corrected chi connectivity index (χ2v) is 16.6. The summed E-state index contributed by atoms with van der Waals surface area (Å²) in [4.78, 5) is 7.34. The Morgan fingerprint density at radius 3 is 1.41 bits per heavy atom. The SMILES string of the molecule is CCCCC(C)c1ccc([N+](=C2C=CC(=[N+](C)CCCC)C=C2)c2ccc(N(c3ccc(N(C)CCCC)cc3)c3ccc(N(CCCC)CCCC)cc3)cc2)cc1. The molecule has 5 nitrogen and oxygen atoms in total. The van der Waals surface area contributed by atoms with Crippen LogP contribution in [-0.4, -0.2) is 56.3 Å². The lowest BCUT2D eigenvalue weighted by Crippen LogP contribution is -2.25. The van der Waals surface area contributed by atoms with E-state index in [2.05, 4.69) is 201 Å². The Morgan fingerprint density at radius 2 is 0.898 bits per heavy atom. The standard InChI is InChI=1S/C54H75N5/c1-9-14-19-44(6)45-20-22-49(23-21-45)58(50-30-24-46(25-31-50)55(7)40-15-10-2)53-36-38-54(39-37-53)59(51-32-26-47(27-33-51)56(8)41-16-11-3)52-34-28-48(29-35-52)57(42-17-12-4)43-18-13-5/h20-39,44H,9-19,40-43H2,1-8H3/q+2. The van der Waals surface area contributed by atoms with Crippen LogP contribution >= 0.6 is 0 Å². The first-order chi connectivity index (χ1) is 28.8. The lowest BCUT2D eigenvalue weighted by Gasteiger charge is -2.28. The average molecular weight is 794 g/mol. The fourth-order valence-electron chi connectivity index (χ4n) is 7.92. The first kappa shape index (κ1) is 45.2. The zero-order valence-electron chi connectivity index (χ0n) is 38.0. The highest BCUT2D eigenvalue weighted by Crippen LogP contribution is 2.38. The van der Waals surface area contributed by atoms with Crippen molar-refractivity contribution in [3.05, 3.63) is 127 Å². The molecule has 1 unspecified atom stereocenters. The maximum Gasteiger partial charge on any atom is 0.212 e. The van der Waals surface area contributed by atoms with Crippen molar-refractivity contribution < 1.29 is 4.58 Å². The Kier molecular flexibility index (Phi) is 18.1. The van der Waals surface area contributed by atoms with Crippen LogP contribution in [0.3, 0.4) is 0 Å². The fraction of sp³-hybridized carbons (Fsp3) is 0.444. The van der Waals surface area contributed by atoms with Crippen molar-refractivity contribution in [3.8, 4) is 0 Å². The summed E-state index contributed by atoms with van der Waals surface area (Å²) >= 11 is 0. The highest BCUT2D eigenvalue weighted by molar-refractivity contribution is 6.18. The maximum atomic E-state index is 2.57. The molecule has 0 amide bonds. The van der Waals surface area contributed by atoms with Gasteiger partial charge in [0.2, 0.25) is 17.1 Å². The van der Waals surface area contributed by atoms with Crippen molar-refractivity contribution >= 4 is 51.2 Å². The minimum absolute atomic E-state index is 0.552. The fourth-order valence-corrected chi connectivity index (χ4v) is 7.92. The molecule has 0 aliphatic heterocycles. The van der Waals surface area contributed by atoms with Crippen LogP contribution in [0.25, 0.3) is 0 Å². The first-order valence-corrected chi connectivity index (χ1v) is 23.1. The summed E-state index contributed by atoms with van der Waals surface area (Å²) in [6, 6.07) is 36.8. The van der Waals surface area contributed by atoms with Crippen molar-refractivity contribution in [3.63, 3.8) is 0 Å². The quantitative estimate of drug-likeness (QED) is 0.0549. The zero-order chi connectivity index (χ0) is 42.0. The summed E-state index contributed by atoms with van der Waals surface area (Å²) in [6.07, 6.45) is 22.4. The topological polar surface area (TPSA) is 15.7 Å². The molecule has 59 heavy (non-hydrogen) atoms. The van der Waals surface area contributed by atoms with E-state index in [1.54, 1.807) is 0 Å². The molecule has 0 fully saturated rings. The highest BCUT2D eigenvalue weighted by Gasteiger charge is 2.23. The third kappa shape index (κ3) is 12.6. The molecule has 0 radical (unpaired) electrons. The second-order valence-electron chi connectivity index (χ2n) is 16.6. The molecule has 5 rings (SSSR count). The van der Waals surface area contributed by atoms with Crippen LogP contribution in [0.5, 0.6) is 0 Å². The molecule has 0 saturated carbocycles. The van der Waals surface area contributed by atoms with Gasteiger partial charge in [0.05, 0.1) is 0 Å². The molecule has 0 heterocycles. The Bertz CT molecular complexity index is 1940. The van der Waals surface area contributed by atoms with Gasteiger partial charge in [0.15, 0.2) is 5.71 Å². The predicted octanol–water partition coefficient (Wildman–Crippen LogP) is 14.4. The van der Waals surface area contributed by atoms with Crippen LogP contribution < -0.4 is 19.3 Å². The van der Waals surface area contributed by atoms with E-state index in [4.69, 9.17) is 0 Å². The van der Waals surface area contributed by atoms with Crippen LogP contribution in [-0.2, 0) is 0 Å². The molecule has 0 spiro atoms. The normalized spacial score (nSPS) is 12.8. The Labute approximate surface area is 359 Å². The van der Waals surface area contributed by atoms with Crippen molar-refractivity contribution in [2.45, 2.75) is 118 Å². The number of benzene rings is 4. The lowest BCUT2D eigenvalue weighted by atomic mass is 9.95. The Hall–Kier alpha value is -4.90. The van der Waals surface area contributed by atoms with Crippen LogP contribution in [0.2, 0.25) is 0 Å². The van der Waals surface area contributed by atoms with E-state index in [0.717, 1.165) is 54.6 Å². The smallest absolute Gasteiger partial charge is 0.212 e. The molecule has 0 bridgehead atoms. The number of unbranched alkanes of at least 4 members (excludes halogenated alkanes) is 5. The third-order valence-corrected chi connectivity index (χ3v) is 11.9. The molecule has 4 aromatic rings. The summed E-state index contributed by atoms with van der Waals surface area (Å²) in [7, 11) is 4.40. The van der Waals surface area contributed by atoms with E-state index in [9.17, 15) is 0 Å². The van der Waals surface area contributed by atoms with Crippen LogP contribution in [0.1, 0.15) is 124 Å². The summed E-state index contributed by atoms with van der Waals surface area (Å²) in [5, 5.41) is 0. The molecule has 0 saturated heterocycles. The second kappa shape index (κ2) is 23.6. The van der Waals surface area contributed by atoms with Gasteiger partial charge >= 0.3 is 0 Å². The van der Waals surface area contributed by atoms with Gasteiger partial charge in [-0.15, -0.1) is 0 Å². The molecular weight excluding hydrogens is 719 g/mol. The van der Waals surface area contributed by atoms with E-state index in [1.807, 2.05) is 0 Å². The Balaban J connectivity index is 1.56. The summed E-state index contributed by atoms with van der Waals surface area (Å²) in [5.74, 6) is 0.552. The summed E-state index contributed by atoms with van der Waals surface area (Å²) < 4.78 is 4.77. The minimum atomic E-state index is 0.552. The van der Waals surface area contributed by atoms with Crippen LogP contribution in [0, 0.1) is 0 Å². The van der Waals surface area contributed by atoms with Crippen LogP contribution in [0.15, 0.2) is 121 Å². The zero-order valence-corrected chi connectivity index (χ0v) is 38.0. The summed E-state index contributed by atoms with van der Waals surface area (Å²) in [6.45, 7) is 18.0. The van der Waals surface area contributed by atoms with E-state index in [-0.39, 0.29) is 0 Å². The number of hydrogen-bond donors (Lipinski definition) is 0. The van der Waals surface area contributed by atoms with Gasteiger partial charge in [-0.25, -0.2) is 4.58 Å². The van der Waals surface area contributed by atoms with Crippen molar-refractivity contribution in [1.29, 1.82) is 0 Å². The highest BCUT2D eigenvalue weighted by atomic mass is 15.2. The molecule has 1 aliphatic rings. The van der Waals surface area contributed by atoms with Gasteiger partial charge in [0, 0.05) is 110 Å². The molecule has 1 atom stereocenters. The van der Waals surface area contributed by atoms with Crippen molar-refractivity contribution in [2.24, 2.45) is 0 Å². The maximum absolute atomic E-state index is 2.57. The van der Waals surface area contributed by atoms with Crippen molar-refractivity contribution in [1.82, 2.24) is 4.58 Å². The number of nitrogens with zero attached hydrogens (tertiary/aromatic N) is 5. The van der Waals surface area contributed by atoms with Gasteiger partial charge in [0.25, 0.3) is 0 Å². The number of hydrogen-bond acceptors (Lipinski definition) is 3. The first-order valence-electron chi connectivity index (χ1n) is 23.1. The molecule has 0 aromatic heterocycles. The Morgan fingerprint density at radius 1 is 0.475 bits per heavy atom. The number of rotatable bonds is 23. The number of allylic oxidation sites excluding steroid dienone is 4. The molecule has 314 valence electrons. The van der Waals surface area contributed by atoms with Gasteiger partial charge in [-0.2, -0.15) is 4.58 Å². The van der Waals surface area contributed by atoms with E-state index in [0.29, 0.717) is 5.92 Å². The predicted molar refractivity (Wildman–Crippen MR) is 261 cm³/mol. The van der Waals surface area contributed by atoms with Crippen molar-refractivity contribution in [2.75, 3.05) is 55.0 Å². The molecule has 1 aliphatic carbocycles. The van der Waals surface area contributed by atoms with E-state index < -0.39 is 0 Å². The monoisotopic (exact) mass is 794 g/mol. The minimum Gasteiger partial charge on any atom is -0.375 e. The lowest BCUT2D eigenvalue weighted by molar-refractivity contribution is -0.496. The van der Waals surface area contributed by atoms with Crippen LogP contribution in [0.4, 0.5) is 39.8 Å². The molecule has 0 N–H and O–H groups in total. The van der Waals surface area contributed by atoms with Gasteiger partial charge in [-0.3, -0.25) is 0 Å². The van der Waals surface area contributed by atoms with Gasteiger partial charge in [-0.05, 0) is 97.8 Å². The van der Waals surface area contributed by atoms with Gasteiger partial charge in [0.1, 0.15) is 13.6 Å². The molecule has 4 aromatic carbocycles. The molecular formula is C54H75N5+2. The molecule has 5 heteroatoms. The largest absolute Gasteiger partial charge is 0.375 e. The number of anilines is 5. The van der Waals surface area contributed by atoms with Gasteiger partial charge < -0.3 is 14.7 Å². The van der Waals surface area contributed by atoms with E-state index in [1.165, 1.54) is 99.0 Å². The average Bonchev–Trinajstić information content (AvgIpc) is 3.28. The van der Waals surface area contributed by atoms with Gasteiger partial charge in [-0.1, -0.05) is 92.2 Å². The third-order valence-electron chi connectivity index (χ3n) is 11.9. The summed E-state index contributed by atoms with van der Waals surface area (Å²) in [5.41, 5.74) is 12.1.